The number of rotatable bonds is 8. The van der Waals surface area contributed by atoms with Crippen molar-refractivity contribution in [2.45, 2.75) is 48.3 Å². The molecule has 1 spiro atoms. The number of thioether (sulfide) groups is 1. The van der Waals surface area contributed by atoms with Gasteiger partial charge in [-0.1, -0.05) is 61.6 Å². The number of nitrogens with zero attached hydrogens (tertiary/aromatic N) is 3. The molecule has 2 fully saturated rings. The lowest BCUT2D eigenvalue weighted by molar-refractivity contribution is -0.145. The van der Waals surface area contributed by atoms with E-state index in [-0.39, 0.29) is 24.3 Å². The Balaban J connectivity index is 1.48. The van der Waals surface area contributed by atoms with Gasteiger partial charge in [0.25, 0.3) is 5.91 Å². The van der Waals surface area contributed by atoms with Crippen LogP contribution in [0.4, 0.5) is 5.69 Å². The maximum Gasteiger partial charge on any atom is 0.251 e. The van der Waals surface area contributed by atoms with Crippen LogP contribution in [0.2, 0.25) is 0 Å². The summed E-state index contributed by atoms with van der Waals surface area (Å²) < 4.78 is 3.69. The highest BCUT2D eigenvalue weighted by Crippen LogP contribution is 2.66. The summed E-state index contributed by atoms with van der Waals surface area (Å²) in [6.07, 6.45) is 9.31. The Morgan fingerprint density at radius 3 is 2.35 bits per heavy atom. The lowest BCUT2D eigenvalue weighted by atomic mass is 9.74. The van der Waals surface area contributed by atoms with Crippen molar-refractivity contribution in [3.05, 3.63) is 84.5 Å². The zero-order valence-electron chi connectivity index (χ0n) is 24.9. The van der Waals surface area contributed by atoms with E-state index < -0.39 is 33.4 Å². The monoisotopic (exact) mass is 601 g/mol. The molecule has 0 bridgehead atoms. The van der Waals surface area contributed by atoms with Gasteiger partial charge >= 0.3 is 0 Å². The summed E-state index contributed by atoms with van der Waals surface area (Å²) in [7, 11) is 1.60. The molecule has 1 N–H and O–H groups in total. The average molecular weight is 602 g/mol. The molecule has 0 aromatic heterocycles. The maximum absolute atomic E-state index is 14.8. The largest absolute Gasteiger partial charge is 0.497 e. The fraction of sp³-hybridized carbons (Fsp3) is 0.441. The minimum absolute atomic E-state index is 0.0432. The van der Waals surface area contributed by atoms with Crippen LogP contribution in [0.1, 0.15) is 25.8 Å². The maximum atomic E-state index is 14.8. The second kappa shape index (κ2) is 11.5. The SMILES string of the molecule is CCCN1CC=C[C@@]2(C)S[C@]34C=CCN(c5ccc(OC)cc5)C(=O)C3N([C@@H](CO)Cc3ccccc3)C(=O)[C@@H]4[C@H]2C1=O. The molecule has 4 aliphatic rings. The number of methoxy groups -OCH3 is 1. The first-order valence-electron chi connectivity index (χ1n) is 15.0. The first-order chi connectivity index (χ1) is 20.8. The van der Waals surface area contributed by atoms with Crippen molar-refractivity contribution < 1.29 is 24.2 Å². The zero-order chi connectivity index (χ0) is 30.4. The van der Waals surface area contributed by atoms with Crippen molar-refractivity contribution in [3.63, 3.8) is 0 Å². The molecule has 0 radical (unpaired) electrons. The Morgan fingerprint density at radius 2 is 1.67 bits per heavy atom. The van der Waals surface area contributed by atoms with Crippen LogP contribution >= 0.6 is 11.8 Å². The Labute approximate surface area is 257 Å². The molecular weight excluding hydrogens is 562 g/mol. The van der Waals surface area contributed by atoms with Crippen LogP contribution in [0, 0.1) is 11.8 Å². The van der Waals surface area contributed by atoms with Gasteiger partial charge in [0.15, 0.2) is 0 Å². The zero-order valence-corrected chi connectivity index (χ0v) is 25.7. The van der Waals surface area contributed by atoms with Gasteiger partial charge in [0, 0.05) is 30.1 Å². The normalized spacial score (nSPS) is 30.6. The summed E-state index contributed by atoms with van der Waals surface area (Å²) in [4.78, 5) is 49.1. The molecule has 6 atom stereocenters. The van der Waals surface area contributed by atoms with E-state index in [1.165, 1.54) is 0 Å². The van der Waals surface area contributed by atoms with Crippen molar-refractivity contribution in [2.75, 3.05) is 38.3 Å². The van der Waals surface area contributed by atoms with E-state index >= 15 is 0 Å². The van der Waals surface area contributed by atoms with Crippen LogP contribution in [0.5, 0.6) is 5.75 Å². The fourth-order valence-electron chi connectivity index (χ4n) is 7.51. The number of anilines is 1. The Bertz CT molecular complexity index is 1450. The number of hydrogen-bond donors (Lipinski definition) is 1. The second-order valence-electron chi connectivity index (χ2n) is 12.0. The third kappa shape index (κ3) is 4.77. The van der Waals surface area contributed by atoms with E-state index in [0.717, 1.165) is 12.0 Å². The van der Waals surface area contributed by atoms with E-state index in [2.05, 4.69) is 6.08 Å². The van der Waals surface area contributed by atoms with Crippen LogP contribution in [0.25, 0.3) is 0 Å². The first-order valence-corrected chi connectivity index (χ1v) is 15.9. The molecule has 0 saturated carbocycles. The second-order valence-corrected chi connectivity index (χ2v) is 13.8. The number of aliphatic hydroxyl groups is 1. The quantitative estimate of drug-likeness (QED) is 0.465. The summed E-state index contributed by atoms with van der Waals surface area (Å²) in [6, 6.07) is 15.5. The molecule has 0 aliphatic carbocycles. The predicted molar refractivity (Wildman–Crippen MR) is 168 cm³/mol. The van der Waals surface area contributed by atoms with Crippen molar-refractivity contribution in [1.29, 1.82) is 0 Å². The van der Waals surface area contributed by atoms with Crippen LogP contribution in [0.3, 0.4) is 0 Å². The number of benzene rings is 2. The van der Waals surface area contributed by atoms with Gasteiger partial charge < -0.3 is 24.5 Å². The number of fused-ring (bicyclic) bond motifs is 2. The molecule has 43 heavy (non-hydrogen) atoms. The van der Waals surface area contributed by atoms with Crippen molar-refractivity contribution >= 4 is 35.2 Å². The van der Waals surface area contributed by atoms with Gasteiger partial charge in [-0.2, -0.15) is 0 Å². The van der Waals surface area contributed by atoms with Crippen LogP contribution in [-0.4, -0.2) is 87.6 Å². The number of carbonyl (C=O) groups excluding carboxylic acids is 3. The van der Waals surface area contributed by atoms with E-state index in [9.17, 15) is 19.5 Å². The highest BCUT2D eigenvalue weighted by atomic mass is 32.2. The third-order valence-electron chi connectivity index (χ3n) is 9.37. The number of ether oxygens (including phenoxy) is 1. The molecule has 1 unspecified atom stereocenters. The summed E-state index contributed by atoms with van der Waals surface area (Å²) in [5.74, 6) is -1.20. The minimum atomic E-state index is -0.978. The number of amides is 3. The fourth-order valence-corrected chi connectivity index (χ4v) is 9.65. The molecule has 6 rings (SSSR count). The minimum Gasteiger partial charge on any atom is -0.497 e. The van der Waals surface area contributed by atoms with Gasteiger partial charge in [0.1, 0.15) is 11.8 Å². The van der Waals surface area contributed by atoms with Crippen molar-refractivity contribution in [2.24, 2.45) is 11.8 Å². The number of carbonyl (C=O) groups is 3. The molecule has 4 heterocycles. The van der Waals surface area contributed by atoms with E-state index in [0.29, 0.717) is 37.5 Å². The predicted octanol–water partition coefficient (Wildman–Crippen LogP) is 3.70. The topological polar surface area (TPSA) is 90.4 Å². The molecule has 3 amide bonds. The van der Waals surface area contributed by atoms with Gasteiger partial charge in [-0.15, -0.1) is 11.8 Å². The lowest BCUT2D eigenvalue weighted by Crippen LogP contribution is -2.57. The van der Waals surface area contributed by atoms with Crippen LogP contribution < -0.4 is 9.64 Å². The summed E-state index contributed by atoms with van der Waals surface area (Å²) >= 11 is 1.57. The molecule has 4 aliphatic heterocycles. The van der Waals surface area contributed by atoms with Gasteiger partial charge in [-0.05, 0) is 49.6 Å². The molecule has 2 aromatic rings. The first kappa shape index (κ1) is 29.5. The van der Waals surface area contributed by atoms with Gasteiger partial charge in [0.2, 0.25) is 11.8 Å². The Kier molecular flexibility index (Phi) is 7.89. The highest BCUT2D eigenvalue weighted by molar-refractivity contribution is 8.02. The van der Waals surface area contributed by atoms with Gasteiger partial charge in [-0.3, -0.25) is 14.4 Å². The number of likely N-dealkylation sites (tertiary alicyclic amines) is 1. The summed E-state index contributed by atoms with van der Waals surface area (Å²) in [6.45, 7) is 5.21. The lowest BCUT2D eigenvalue weighted by Gasteiger charge is -2.39. The standard InChI is InChI=1S/C34H39N3O5S/c1-4-18-35-19-8-16-33(2)27(30(35)39)28-31(40)37(25(22-38)21-23-10-6-5-7-11-23)29-32(41)36(20-9-17-34(28,29)43-33)24-12-14-26(42-3)15-13-24/h5-17,25,27-29,38H,4,18-22H2,1-3H3/t25-,27+,28+,29?,33-,34+/m1/s1. The van der Waals surface area contributed by atoms with Crippen molar-refractivity contribution in [1.82, 2.24) is 9.80 Å². The Hall–Kier alpha value is -3.56. The van der Waals surface area contributed by atoms with Crippen molar-refractivity contribution in [3.8, 4) is 5.75 Å². The average Bonchev–Trinajstić information content (AvgIpc) is 3.29. The van der Waals surface area contributed by atoms with E-state index in [4.69, 9.17) is 4.74 Å². The number of hydrogen-bond acceptors (Lipinski definition) is 6. The summed E-state index contributed by atoms with van der Waals surface area (Å²) in [5.41, 5.74) is 1.66. The molecule has 226 valence electrons. The van der Waals surface area contributed by atoms with Crippen LogP contribution in [0.15, 0.2) is 78.9 Å². The van der Waals surface area contributed by atoms with E-state index in [1.807, 2.05) is 91.6 Å². The smallest absolute Gasteiger partial charge is 0.251 e. The molecule has 8 nitrogen and oxygen atoms in total. The highest BCUT2D eigenvalue weighted by Gasteiger charge is 2.74. The Morgan fingerprint density at radius 1 is 0.953 bits per heavy atom. The van der Waals surface area contributed by atoms with Gasteiger partial charge in [-0.25, -0.2) is 0 Å². The molecule has 2 aromatic carbocycles. The molecular formula is C34H39N3O5S. The number of aliphatic hydroxyl groups excluding tert-OH is 1. The van der Waals surface area contributed by atoms with E-state index in [1.54, 1.807) is 28.7 Å². The molecule has 2 saturated heterocycles. The summed E-state index contributed by atoms with van der Waals surface area (Å²) in [5, 5.41) is 10.8. The molecule has 9 heteroatoms. The third-order valence-corrected chi connectivity index (χ3v) is 11.2. The van der Waals surface area contributed by atoms with Gasteiger partial charge in [0.05, 0.1) is 36.3 Å². The van der Waals surface area contributed by atoms with Crippen LogP contribution in [-0.2, 0) is 20.8 Å².